The summed E-state index contributed by atoms with van der Waals surface area (Å²) in [7, 11) is 1.59. The third kappa shape index (κ3) is 1.30. The van der Waals surface area contributed by atoms with Crippen LogP contribution in [0.2, 0.25) is 0 Å². The molecule has 0 fully saturated rings. The highest BCUT2D eigenvalue weighted by molar-refractivity contribution is 6.12. The largest absolute Gasteiger partial charge is 0.492 e. The fourth-order valence-electron chi connectivity index (χ4n) is 2.47. The van der Waals surface area contributed by atoms with Crippen molar-refractivity contribution >= 4 is 27.8 Å². The van der Waals surface area contributed by atoms with Gasteiger partial charge in [-0.15, -0.1) is 0 Å². The zero-order valence-electron chi connectivity index (χ0n) is 10.5. The number of methoxy groups -OCH3 is 1. The quantitative estimate of drug-likeness (QED) is 0.600. The maximum Gasteiger partial charge on any atom is 0.222 e. The molecule has 3 aromatic heterocycles. The van der Waals surface area contributed by atoms with Gasteiger partial charge in [0.2, 0.25) is 5.88 Å². The minimum Gasteiger partial charge on any atom is -0.492 e. The second kappa shape index (κ2) is 3.80. The predicted octanol–water partition coefficient (Wildman–Crippen LogP) is 3.42. The molecule has 0 aliphatic rings. The third-order valence-corrected chi connectivity index (χ3v) is 3.27. The Morgan fingerprint density at radius 3 is 2.55 bits per heavy atom. The summed E-state index contributed by atoms with van der Waals surface area (Å²) >= 11 is 0. The number of nitrogen functional groups attached to an aromatic ring is 1. The van der Waals surface area contributed by atoms with Crippen LogP contribution in [0.1, 0.15) is 0 Å². The van der Waals surface area contributed by atoms with Gasteiger partial charge in [-0.25, -0.2) is 0 Å². The number of hydrogen-bond donors (Lipinski definition) is 1. The van der Waals surface area contributed by atoms with E-state index >= 15 is 0 Å². The number of nitrogens with zero attached hydrogens (tertiary/aromatic N) is 1. The first-order valence-electron chi connectivity index (χ1n) is 5.96. The monoisotopic (exact) mass is 270 g/mol. The normalized spacial score (nSPS) is 11.4. The molecule has 6 heteroatoms. The van der Waals surface area contributed by atoms with E-state index in [4.69, 9.17) is 23.8 Å². The van der Waals surface area contributed by atoms with Crippen molar-refractivity contribution in [2.75, 3.05) is 12.8 Å². The minimum atomic E-state index is 0.243. The molecule has 4 rings (SSSR count). The first kappa shape index (κ1) is 11.0. The molecule has 0 amide bonds. The summed E-state index contributed by atoms with van der Waals surface area (Å²) in [6.45, 7) is 0. The Balaban J connectivity index is 2.22. The van der Waals surface area contributed by atoms with E-state index < -0.39 is 0 Å². The van der Waals surface area contributed by atoms with Crippen molar-refractivity contribution in [3.63, 3.8) is 0 Å². The lowest BCUT2D eigenvalue weighted by Crippen LogP contribution is -1.87. The van der Waals surface area contributed by atoms with Crippen LogP contribution in [0.15, 0.2) is 44.1 Å². The van der Waals surface area contributed by atoms with E-state index in [9.17, 15) is 0 Å². The average Bonchev–Trinajstić information content (AvgIpc) is 3.15. The van der Waals surface area contributed by atoms with Crippen molar-refractivity contribution < 1.29 is 18.1 Å². The SMILES string of the molecule is COc1c2ccoc2c(-c2cc(N)on2)c2ccoc12. The third-order valence-electron chi connectivity index (χ3n) is 3.27. The first-order chi connectivity index (χ1) is 9.79. The number of hydrogen-bond acceptors (Lipinski definition) is 6. The number of benzene rings is 1. The van der Waals surface area contributed by atoms with Crippen LogP contribution in [0.5, 0.6) is 5.75 Å². The lowest BCUT2D eigenvalue weighted by Gasteiger charge is -2.06. The van der Waals surface area contributed by atoms with Gasteiger partial charge in [0.25, 0.3) is 0 Å². The Morgan fingerprint density at radius 2 is 1.85 bits per heavy atom. The molecule has 0 aliphatic carbocycles. The van der Waals surface area contributed by atoms with Crippen molar-refractivity contribution in [1.29, 1.82) is 0 Å². The average molecular weight is 270 g/mol. The lowest BCUT2D eigenvalue weighted by atomic mass is 10.0. The van der Waals surface area contributed by atoms with Crippen LogP contribution < -0.4 is 10.5 Å². The Morgan fingerprint density at radius 1 is 1.10 bits per heavy atom. The Kier molecular flexibility index (Phi) is 2.09. The molecule has 0 unspecified atom stereocenters. The molecular weight excluding hydrogens is 260 g/mol. The first-order valence-corrected chi connectivity index (χ1v) is 5.96. The van der Waals surface area contributed by atoms with Crippen molar-refractivity contribution in [3.8, 4) is 17.0 Å². The fourth-order valence-corrected chi connectivity index (χ4v) is 2.47. The number of fused-ring (bicyclic) bond motifs is 2. The second-order valence-corrected chi connectivity index (χ2v) is 4.35. The van der Waals surface area contributed by atoms with E-state index in [0.717, 1.165) is 16.3 Å². The highest BCUT2D eigenvalue weighted by atomic mass is 16.5. The molecule has 3 heterocycles. The van der Waals surface area contributed by atoms with Gasteiger partial charge in [-0.3, -0.25) is 0 Å². The summed E-state index contributed by atoms with van der Waals surface area (Å²) in [4.78, 5) is 0. The van der Waals surface area contributed by atoms with Crippen molar-refractivity contribution in [2.24, 2.45) is 0 Å². The zero-order chi connectivity index (χ0) is 13.7. The van der Waals surface area contributed by atoms with Crippen molar-refractivity contribution in [2.45, 2.75) is 0 Å². The van der Waals surface area contributed by atoms with Gasteiger partial charge >= 0.3 is 0 Å². The molecular formula is C14H10N2O4. The molecule has 100 valence electrons. The van der Waals surface area contributed by atoms with Crippen molar-refractivity contribution in [1.82, 2.24) is 5.16 Å². The number of nitrogens with two attached hydrogens (primary N) is 1. The number of furan rings is 2. The van der Waals surface area contributed by atoms with Crippen LogP contribution in [0.25, 0.3) is 33.2 Å². The van der Waals surface area contributed by atoms with E-state index in [1.807, 2.05) is 12.1 Å². The molecule has 20 heavy (non-hydrogen) atoms. The second-order valence-electron chi connectivity index (χ2n) is 4.35. The summed E-state index contributed by atoms with van der Waals surface area (Å²) < 4.78 is 21.5. The number of ether oxygens (including phenoxy) is 1. The van der Waals surface area contributed by atoms with Gasteiger partial charge in [-0.05, 0) is 12.1 Å². The standard InChI is InChI=1S/C14H10N2O4/c1-17-13-8-3-5-18-12(8)11(7-2-4-19-14(7)13)9-6-10(15)20-16-9/h2-6H,15H2,1H3. The number of rotatable bonds is 2. The van der Waals surface area contributed by atoms with E-state index in [-0.39, 0.29) is 5.88 Å². The van der Waals surface area contributed by atoms with Gasteiger partial charge in [0.1, 0.15) is 11.3 Å². The van der Waals surface area contributed by atoms with Gasteiger partial charge in [0, 0.05) is 11.5 Å². The Bertz CT molecular complexity index is 864. The highest BCUT2D eigenvalue weighted by Crippen LogP contribution is 2.43. The van der Waals surface area contributed by atoms with E-state index in [1.165, 1.54) is 0 Å². The molecule has 1 aromatic carbocycles. The molecule has 4 aromatic rings. The zero-order valence-corrected chi connectivity index (χ0v) is 10.5. The topological polar surface area (TPSA) is 87.6 Å². The molecule has 0 atom stereocenters. The minimum absolute atomic E-state index is 0.243. The number of anilines is 1. The molecule has 0 aliphatic heterocycles. The van der Waals surface area contributed by atoms with Gasteiger partial charge < -0.3 is 23.8 Å². The molecule has 0 bridgehead atoms. The van der Waals surface area contributed by atoms with Crippen LogP contribution in [0, 0.1) is 0 Å². The number of aromatic nitrogens is 1. The van der Waals surface area contributed by atoms with Crippen LogP contribution in [0.3, 0.4) is 0 Å². The summed E-state index contributed by atoms with van der Waals surface area (Å²) in [5.74, 6) is 0.876. The van der Waals surface area contributed by atoms with E-state index in [0.29, 0.717) is 22.6 Å². The van der Waals surface area contributed by atoms with Crippen LogP contribution >= 0.6 is 0 Å². The molecule has 2 N–H and O–H groups in total. The van der Waals surface area contributed by atoms with E-state index in [2.05, 4.69) is 5.16 Å². The molecule has 0 saturated carbocycles. The summed E-state index contributed by atoms with van der Waals surface area (Å²) in [5, 5.41) is 5.60. The van der Waals surface area contributed by atoms with Gasteiger partial charge in [0.05, 0.1) is 30.6 Å². The maximum absolute atomic E-state index is 5.60. The van der Waals surface area contributed by atoms with Crippen LogP contribution in [0.4, 0.5) is 5.88 Å². The molecule has 6 nitrogen and oxygen atoms in total. The van der Waals surface area contributed by atoms with Gasteiger partial charge in [-0.1, -0.05) is 5.16 Å². The predicted molar refractivity (Wildman–Crippen MR) is 72.4 cm³/mol. The van der Waals surface area contributed by atoms with Gasteiger partial charge in [-0.2, -0.15) is 0 Å². The van der Waals surface area contributed by atoms with Crippen molar-refractivity contribution in [3.05, 3.63) is 30.7 Å². The molecule has 0 spiro atoms. The van der Waals surface area contributed by atoms with Crippen LogP contribution in [-0.4, -0.2) is 12.3 Å². The molecule has 0 saturated heterocycles. The smallest absolute Gasteiger partial charge is 0.222 e. The fraction of sp³-hybridized carbons (Fsp3) is 0.0714. The Labute approximate surface area is 112 Å². The van der Waals surface area contributed by atoms with E-state index in [1.54, 1.807) is 25.7 Å². The maximum atomic E-state index is 5.60. The lowest BCUT2D eigenvalue weighted by molar-refractivity contribution is 0.415. The van der Waals surface area contributed by atoms with Crippen LogP contribution in [-0.2, 0) is 0 Å². The van der Waals surface area contributed by atoms with Gasteiger partial charge in [0.15, 0.2) is 11.3 Å². The summed E-state index contributed by atoms with van der Waals surface area (Å²) in [6, 6.07) is 5.30. The molecule has 0 radical (unpaired) electrons. The summed E-state index contributed by atoms with van der Waals surface area (Å²) in [6.07, 6.45) is 3.19. The Hall–Kier alpha value is -2.89. The summed E-state index contributed by atoms with van der Waals surface area (Å²) in [5.41, 5.74) is 8.26. The highest BCUT2D eigenvalue weighted by Gasteiger charge is 2.22.